The number of hydrogen-bond acceptors (Lipinski definition) is 9. The number of anilines is 1. The summed E-state index contributed by atoms with van der Waals surface area (Å²) in [5, 5.41) is 11.7. The Hall–Kier alpha value is -4.44. The second-order valence-electron chi connectivity index (χ2n) is 10.7. The second kappa shape index (κ2) is 10.9. The zero-order valence-corrected chi connectivity index (χ0v) is 24.0. The van der Waals surface area contributed by atoms with E-state index in [4.69, 9.17) is 14.2 Å². The number of aryl methyl sites for hydroxylation is 1. The number of aliphatic hydroxyl groups is 1. The van der Waals surface area contributed by atoms with E-state index in [9.17, 15) is 19.5 Å². The monoisotopic (exact) mass is 574 g/mol. The molecule has 2 aliphatic heterocycles. The van der Waals surface area contributed by atoms with Crippen LogP contribution in [0, 0.1) is 6.92 Å². The van der Waals surface area contributed by atoms with E-state index < -0.39 is 23.7 Å². The largest absolute Gasteiger partial charge is 0.507 e. The van der Waals surface area contributed by atoms with E-state index in [1.54, 1.807) is 25.1 Å². The van der Waals surface area contributed by atoms with Crippen LogP contribution >= 0.6 is 11.3 Å². The van der Waals surface area contributed by atoms with Crippen molar-refractivity contribution in [2.45, 2.75) is 39.2 Å². The van der Waals surface area contributed by atoms with E-state index in [0.717, 1.165) is 16.9 Å². The molecule has 3 aromatic rings. The Balaban J connectivity index is 1.65. The number of thiazole rings is 1. The SMILES string of the molecule is C=CCOC(=O)c1sc(N2C(=O)C(=O)/C(=C(\O)c3ccc4c(c3)OCCO4)C2c2ccc(C(C)(C)C)cc2)nc1C. The van der Waals surface area contributed by atoms with Gasteiger partial charge in [-0.3, -0.25) is 14.5 Å². The van der Waals surface area contributed by atoms with Gasteiger partial charge in [-0.15, -0.1) is 0 Å². The summed E-state index contributed by atoms with van der Waals surface area (Å²) >= 11 is 0.947. The van der Waals surface area contributed by atoms with Gasteiger partial charge in [0.2, 0.25) is 0 Å². The number of esters is 1. The fraction of sp³-hybridized carbons (Fsp3) is 0.290. The molecule has 0 bridgehead atoms. The molecule has 1 saturated heterocycles. The highest BCUT2D eigenvalue weighted by atomic mass is 32.1. The topological polar surface area (TPSA) is 115 Å². The Morgan fingerprint density at radius 1 is 1.15 bits per heavy atom. The molecule has 2 aliphatic rings. The maximum atomic E-state index is 13.6. The first-order valence-electron chi connectivity index (χ1n) is 13.1. The van der Waals surface area contributed by atoms with E-state index in [-0.39, 0.29) is 33.4 Å². The number of fused-ring (bicyclic) bond motifs is 1. The third-order valence-corrected chi connectivity index (χ3v) is 8.00. The molecule has 1 atom stereocenters. The molecule has 0 saturated carbocycles. The highest BCUT2D eigenvalue weighted by Crippen LogP contribution is 2.45. The van der Waals surface area contributed by atoms with Gasteiger partial charge in [0.25, 0.3) is 5.78 Å². The van der Waals surface area contributed by atoms with E-state index in [1.807, 2.05) is 24.3 Å². The third kappa shape index (κ3) is 5.22. The maximum Gasteiger partial charge on any atom is 0.350 e. The van der Waals surface area contributed by atoms with Gasteiger partial charge in [-0.2, -0.15) is 0 Å². The van der Waals surface area contributed by atoms with Gasteiger partial charge in [0, 0.05) is 5.56 Å². The quantitative estimate of drug-likeness (QED) is 0.135. The van der Waals surface area contributed by atoms with Crippen molar-refractivity contribution in [2.24, 2.45) is 0 Å². The predicted octanol–water partition coefficient (Wildman–Crippen LogP) is 5.49. The number of benzene rings is 2. The summed E-state index contributed by atoms with van der Waals surface area (Å²) in [5.74, 6) is -1.74. The van der Waals surface area contributed by atoms with Gasteiger partial charge in [0.15, 0.2) is 16.6 Å². The van der Waals surface area contributed by atoms with Gasteiger partial charge in [-0.25, -0.2) is 9.78 Å². The molecule has 9 nitrogen and oxygen atoms in total. The molecule has 2 aromatic carbocycles. The Labute approximate surface area is 241 Å². The third-order valence-electron chi connectivity index (χ3n) is 6.86. The van der Waals surface area contributed by atoms with Crippen LogP contribution in [0.5, 0.6) is 11.5 Å². The molecule has 1 aromatic heterocycles. The van der Waals surface area contributed by atoms with Gasteiger partial charge < -0.3 is 19.3 Å². The summed E-state index contributed by atoms with van der Waals surface area (Å²) in [7, 11) is 0. The number of rotatable bonds is 6. The lowest BCUT2D eigenvalue weighted by Crippen LogP contribution is -2.29. The van der Waals surface area contributed by atoms with Crippen molar-refractivity contribution < 1.29 is 33.7 Å². The van der Waals surface area contributed by atoms with Crippen LogP contribution < -0.4 is 14.4 Å². The molecule has 10 heteroatoms. The van der Waals surface area contributed by atoms with Crippen LogP contribution in [0.1, 0.15) is 58.9 Å². The maximum absolute atomic E-state index is 13.6. The van der Waals surface area contributed by atoms with Crippen LogP contribution in [0.15, 0.2) is 60.7 Å². The lowest BCUT2D eigenvalue weighted by Gasteiger charge is -2.25. The van der Waals surface area contributed by atoms with Crippen LogP contribution in [-0.4, -0.2) is 47.6 Å². The first-order valence-corrected chi connectivity index (χ1v) is 13.9. The van der Waals surface area contributed by atoms with Crippen molar-refractivity contribution in [3.63, 3.8) is 0 Å². The number of amides is 1. The molecular formula is C31H30N2O7S. The minimum Gasteiger partial charge on any atom is -0.507 e. The van der Waals surface area contributed by atoms with Crippen molar-refractivity contribution in [1.82, 2.24) is 4.98 Å². The Morgan fingerprint density at radius 3 is 2.49 bits per heavy atom. The predicted molar refractivity (Wildman–Crippen MR) is 155 cm³/mol. The second-order valence-corrected chi connectivity index (χ2v) is 11.7. The molecule has 5 rings (SSSR count). The highest BCUT2D eigenvalue weighted by molar-refractivity contribution is 7.17. The average molecular weight is 575 g/mol. The smallest absolute Gasteiger partial charge is 0.350 e. The summed E-state index contributed by atoms with van der Waals surface area (Å²) in [4.78, 5) is 45.7. The van der Waals surface area contributed by atoms with E-state index in [0.29, 0.717) is 41.5 Å². The molecule has 0 spiro atoms. The van der Waals surface area contributed by atoms with Crippen molar-refractivity contribution in [3.8, 4) is 11.5 Å². The first kappa shape index (κ1) is 28.1. The van der Waals surface area contributed by atoms with E-state index in [1.165, 1.54) is 11.0 Å². The number of Topliss-reactive ketones (excluding diaryl/α,β-unsaturated/α-hetero) is 1. The van der Waals surface area contributed by atoms with Crippen molar-refractivity contribution in [3.05, 3.63) is 88.0 Å². The molecule has 1 unspecified atom stereocenters. The number of hydrogen-bond donors (Lipinski definition) is 1. The van der Waals surface area contributed by atoms with Gasteiger partial charge in [0.1, 0.15) is 30.5 Å². The number of nitrogens with zero attached hydrogens (tertiary/aromatic N) is 2. The van der Waals surface area contributed by atoms with Crippen LogP contribution in [0.3, 0.4) is 0 Å². The minimum atomic E-state index is -1.00. The standard InChI is InChI=1S/C31H30N2O7S/c1-6-13-40-29(37)27-17(2)32-30(41-27)33-24(18-7-10-20(11-8-18)31(3,4)5)23(26(35)28(33)36)25(34)19-9-12-21-22(16-19)39-15-14-38-21/h6-12,16,24,34H,1,13-15H2,2-5H3/b25-23-. The van der Waals surface area contributed by atoms with Gasteiger partial charge in [-0.1, -0.05) is 69.0 Å². The fourth-order valence-electron chi connectivity index (χ4n) is 4.73. The lowest BCUT2D eigenvalue weighted by molar-refractivity contribution is -0.132. The molecule has 0 radical (unpaired) electrons. The molecule has 1 N–H and O–H groups in total. The van der Waals surface area contributed by atoms with E-state index in [2.05, 4.69) is 32.3 Å². The summed E-state index contributed by atoms with van der Waals surface area (Å²) < 4.78 is 16.4. The number of carbonyl (C=O) groups excluding carboxylic acids is 3. The number of aliphatic hydroxyl groups excluding tert-OH is 1. The fourth-order valence-corrected chi connectivity index (χ4v) is 5.72. The normalized spacial score (nSPS) is 18.0. The summed E-state index contributed by atoms with van der Waals surface area (Å²) in [5.41, 5.74) is 2.09. The Morgan fingerprint density at radius 2 is 1.83 bits per heavy atom. The highest BCUT2D eigenvalue weighted by Gasteiger charge is 2.48. The van der Waals surface area contributed by atoms with Crippen LogP contribution in [0.2, 0.25) is 0 Å². The van der Waals surface area contributed by atoms with Crippen LogP contribution in [0.4, 0.5) is 5.13 Å². The van der Waals surface area contributed by atoms with Gasteiger partial charge in [-0.05, 0) is 41.7 Å². The Kier molecular flexibility index (Phi) is 7.44. The average Bonchev–Trinajstić information content (AvgIpc) is 3.46. The molecule has 212 valence electrons. The molecule has 1 amide bonds. The summed E-state index contributed by atoms with van der Waals surface area (Å²) in [6.07, 6.45) is 1.45. The molecule has 41 heavy (non-hydrogen) atoms. The molecule has 0 aliphatic carbocycles. The van der Waals surface area contributed by atoms with E-state index >= 15 is 0 Å². The molecule has 3 heterocycles. The Bertz CT molecular complexity index is 1580. The zero-order valence-electron chi connectivity index (χ0n) is 23.2. The van der Waals surface area contributed by atoms with Crippen molar-refractivity contribution >= 4 is 39.9 Å². The number of ether oxygens (including phenoxy) is 3. The number of ketones is 1. The number of carbonyl (C=O) groups is 3. The minimum absolute atomic E-state index is 0.0195. The van der Waals surface area contributed by atoms with Crippen molar-refractivity contribution in [2.75, 3.05) is 24.7 Å². The van der Waals surface area contributed by atoms with Gasteiger partial charge in [0.05, 0.1) is 17.3 Å². The summed E-state index contributed by atoms with van der Waals surface area (Å²) in [6.45, 7) is 12.2. The number of aromatic nitrogens is 1. The first-order chi connectivity index (χ1) is 19.5. The van der Waals surface area contributed by atoms with Gasteiger partial charge >= 0.3 is 11.9 Å². The zero-order chi connectivity index (χ0) is 29.5. The van der Waals surface area contributed by atoms with Crippen LogP contribution in [-0.2, 0) is 19.7 Å². The lowest BCUT2D eigenvalue weighted by atomic mass is 9.85. The molecule has 1 fully saturated rings. The van der Waals surface area contributed by atoms with Crippen molar-refractivity contribution in [1.29, 1.82) is 0 Å². The van der Waals surface area contributed by atoms with Crippen LogP contribution in [0.25, 0.3) is 5.76 Å². The summed E-state index contributed by atoms with van der Waals surface area (Å²) in [6, 6.07) is 11.4. The molecular weight excluding hydrogens is 544 g/mol.